The van der Waals surface area contributed by atoms with Crippen molar-refractivity contribution in [2.45, 2.75) is 38.7 Å². The summed E-state index contributed by atoms with van der Waals surface area (Å²) in [6, 6.07) is 1.73. The molecule has 182 valence electrons. The minimum absolute atomic E-state index is 0.0938. The van der Waals surface area contributed by atoms with Crippen molar-refractivity contribution in [3.63, 3.8) is 0 Å². The molecule has 2 aliphatic rings. The van der Waals surface area contributed by atoms with Gasteiger partial charge in [-0.1, -0.05) is 0 Å². The standard InChI is InChI=1S/C24H24N4O6S/c1-13-8-19(27-10-14(11-27)16(29)9-17(30)18-4-2-3-6-34-18)26-22-20(13)21(31)15(23(32)33)12-28(22)24-25-5-7-35-24/h5,7-8,12,14,18H,2-4,6,9-11H2,1H3,(H,32,33). The largest absolute Gasteiger partial charge is 0.477 e. The van der Waals surface area contributed by atoms with Crippen LogP contribution in [0.2, 0.25) is 0 Å². The first-order valence-electron chi connectivity index (χ1n) is 11.5. The molecule has 11 heteroatoms. The van der Waals surface area contributed by atoms with Gasteiger partial charge in [-0.15, -0.1) is 11.3 Å². The highest BCUT2D eigenvalue weighted by atomic mass is 32.1. The summed E-state index contributed by atoms with van der Waals surface area (Å²) in [7, 11) is 0. The molecule has 3 aromatic rings. The molecule has 0 saturated carbocycles. The predicted octanol–water partition coefficient (Wildman–Crippen LogP) is 2.38. The van der Waals surface area contributed by atoms with E-state index in [4.69, 9.17) is 4.74 Å². The van der Waals surface area contributed by atoms with Gasteiger partial charge in [-0.2, -0.15) is 0 Å². The van der Waals surface area contributed by atoms with Crippen molar-refractivity contribution in [2.75, 3.05) is 24.6 Å². The molecular formula is C24H24N4O6S. The van der Waals surface area contributed by atoms with Crippen molar-refractivity contribution in [1.29, 1.82) is 0 Å². The van der Waals surface area contributed by atoms with Crippen molar-refractivity contribution in [1.82, 2.24) is 14.5 Å². The fraction of sp³-hybridized carbons (Fsp3) is 0.417. The van der Waals surface area contributed by atoms with Crippen LogP contribution in [0.25, 0.3) is 16.2 Å². The van der Waals surface area contributed by atoms with Gasteiger partial charge >= 0.3 is 5.97 Å². The molecule has 0 spiro atoms. The fourth-order valence-electron chi connectivity index (χ4n) is 4.57. The lowest BCUT2D eigenvalue weighted by Gasteiger charge is -2.39. The van der Waals surface area contributed by atoms with Gasteiger partial charge in [0.05, 0.1) is 17.7 Å². The number of aromatic nitrogens is 3. The second-order valence-electron chi connectivity index (χ2n) is 8.92. The van der Waals surface area contributed by atoms with Gasteiger partial charge in [0.2, 0.25) is 5.43 Å². The molecule has 0 amide bonds. The van der Waals surface area contributed by atoms with E-state index < -0.39 is 17.5 Å². The Labute approximate surface area is 204 Å². The molecule has 5 heterocycles. The first-order chi connectivity index (χ1) is 16.8. The van der Waals surface area contributed by atoms with Crippen molar-refractivity contribution in [3.05, 3.63) is 45.2 Å². The number of carbonyl (C=O) groups excluding carboxylic acids is 2. The number of Topliss-reactive ketones (excluding diaryl/α,β-unsaturated/α-hetero) is 2. The highest BCUT2D eigenvalue weighted by molar-refractivity contribution is 7.12. The van der Waals surface area contributed by atoms with Gasteiger partial charge in [-0.3, -0.25) is 19.0 Å². The number of carboxylic acid groups (broad SMARTS) is 1. The molecule has 1 N–H and O–H groups in total. The van der Waals surface area contributed by atoms with Crippen LogP contribution in [-0.2, 0) is 14.3 Å². The van der Waals surface area contributed by atoms with Gasteiger partial charge in [0.1, 0.15) is 23.3 Å². The summed E-state index contributed by atoms with van der Waals surface area (Å²) in [5, 5.41) is 12.0. The number of hydrogen-bond donors (Lipinski definition) is 1. The van der Waals surface area contributed by atoms with Crippen molar-refractivity contribution >= 4 is 45.7 Å². The lowest BCUT2D eigenvalue weighted by atomic mass is 9.90. The van der Waals surface area contributed by atoms with Gasteiger partial charge in [-0.25, -0.2) is 14.8 Å². The SMILES string of the molecule is Cc1cc(N2CC(C(=O)CC(=O)C3CCCCO3)C2)nc2c1c(=O)c(C(=O)O)cn2-c1nccs1. The Hall–Kier alpha value is -3.44. The Bertz CT molecular complexity index is 1370. The number of anilines is 1. The molecule has 2 fully saturated rings. The molecule has 1 atom stereocenters. The quantitative estimate of drug-likeness (QED) is 0.490. The van der Waals surface area contributed by atoms with Crippen LogP contribution in [0.1, 0.15) is 41.6 Å². The zero-order valence-electron chi connectivity index (χ0n) is 19.1. The summed E-state index contributed by atoms with van der Waals surface area (Å²) < 4.78 is 7.02. The number of aromatic carboxylic acids is 1. The van der Waals surface area contributed by atoms with E-state index in [0.29, 0.717) is 48.3 Å². The molecule has 0 bridgehead atoms. The van der Waals surface area contributed by atoms with Crippen molar-refractivity contribution in [2.24, 2.45) is 5.92 Å². The fourth-order valence-corrected chi connectivity index (χ4v) is 5.18. The van der Waals surface area contributed by atoms with E-state index in [2.05, 4.69) is 9.97 Å². The van der Waals surface area contributed by atoms with E-state index in [0.717, 1.165) is 12.8 Å². The number of carbonyl (C=O) groups is 3. The monoisotopic (exact) mass is 496 g/mol. The number of ether oxygens (including phenoxy) is 1. The van der Waals surface area contributed by atoms with Crippen LogP contribution in [0, 0.1) is 12.8 Å². The highest BCUT2D eigenvalue weighted by Crippen LogP contribution is 2.29. The Morgan fingerprint density at radius 1 is 1.23 bits per heavy atom. The van der Waals surface area contributed by atoms with Gasteiger partial charge in [0.25, 0.3) is 0 Å². The van der Waals surface area contributed by atoms with E-state index in [1.165, 1.54) is 22.1 Å². The zero-order chi connectivity index (χ0) is 24.7. The number of fused-ring (bicyclic) bond motifs is 1. The summed E-state index contributed by atoms with van der Waals surface area (Å²) in [5.74, 6) is -1.24. The molecular weight excluding hydrogens is 472 g/mol. The maximum absolute atomic E-state index is 12.9. The molecule has 0 radical (unpaired) electrons. The first kappa shape index (κ1) is 23.3. The van der Waals surface area contributed by atoms with Gasteiger partial charge in [0, 0.05) is 37.5 Å². The van der Waals surface area contributed by atoms with E-state index in [1.807, 2.05) is 4.90 Å². The Morgan fingerprint density at radius 3 is 2.69 bits per heavy atom. The molecule has 1 unspecified atom stereocenters. The maximum Gasteiger partial charge on any atom is 0.341 e. The summed E-state index contributed by atoms with van der Waals surface area (Å²) in [6.07, 6.45) is 4.82. The summed E-state index contributed by atoms with van der Waals surface area (Å²) in [5.41, 5.74) is -0.0595. The Morgan fingerprint density at radius 2 is 2.03 bits per heavy atom. The lowest BCUT2D eigenvalue weighted by Crippen LogP contribution is -2.51. The van der Waals surface area contributed by atoms with Gasteiger partial charge in [-0.05, 0) is 37.8 Å². The van der Waals surface area contributed by atoms with Crippen molar-refractivity contribution in [3.8, 4) is 5.13 Å². The second-order valence-corrected chi connectivity index (χ2v) is 9.80. The average molecular weight is 497 g/mol. The van der Waals surface area contributed by atoms with E-state index in [9.17, 15) is 24.3 Å². The molecule has 35 heavy (non-hydrogen) atoms. The average Bonchev–Trinajstić information content (AvgIpc) is 3.33. The van der Waals surface area contributed by atoms with Crippen LogP contribution in [0.3, 0.4) is 0 Å². The first-order valence-corrected chi connectivity index (χ1v) is 12.3. The number of carboxylic acids is 1. The normalized spacial score (nSPS) is 18.4. The summed E-state index contributed by atoms with van der Waals surface area (Å²) >= 11 is 1.30. The molecule has 10 nitrogen and oxygen atoms in total. The lowest BCUT2D eigenvalue weighted by molar-refractivity contribution is -0.138. The number of aryl methyl sites for hydroxylation is 1. The topological polar surface area (TPSA) is 132 Å². The minimum atomic E-state index is -1.32. The molecule has 2 aliphatic heterocycles. The van der Waals surface area contributed by atoms with Crippen LogP contribution in [0.5, 0.6) is 0 Å². The Kier molecular flexibility index (Phi) is 6.20. The highest BCUT2D eigenvalue weighted by Gasteiger charge is 2.36. The zero-order valence-corrected chi connectivity index (χ0v) is 19.9. The van der Waals surface area contributed by atoms with Crippen LogP contribution < -0.4 is 10.3 Å². The van der Waals surface area contributed by atoms with Gasteiger partial charge < -0.3 is 14.7 Å². The molecule has 5 rings (SSSR count). The third-order valence-electron chi connectivity index (χ3n) is 6.55. The van der Waals surface area contributed by atoms with Crippen molar-refractivity contribution < 1.29 is 24.2 Å². The summed E-state index contributed by atoms with van der Waals surface area (Å²) in [4.78, 5) is 60.5. The molecule has 0 aromatic carbocycles. The smallest absolute Gasteiger partial charge is 0.341 e. The summed E-state index contributed by atoms with van der Waals surface area (Å²) in [6.45, 7) is 3.14. The predicted molar refractivity (Wildman–Crippen MR) is 129 cm³/mol. The minimum Gasteiger partial charge on any atom is -0.477 e. The van der Waals surface area contributed by atoms with E-state index >= 15 is 0 Å². The second kappa shape index (κ2) is 9.31. The van der Waals surface area contributed by atoms with Crippen LogP contribution in [0.15, 0.2) is 28.6 Å². The number of rotatable bonds is 7. The number of thiazole rings is 1. The maximum atomic E-state index is 12.9. The van der Waals surface area contributed by atoms with Gasteiger partial charge in [0.15, 0.2) is 16.6 Å². The number of pyridine rings is 2. The Balaban J connectivity index is 1.39. The third-order valence-corrected chi connectivity index (χ3v) is 7.32. The third kappa shape index (κ3) is 4.37. The van der Waals surface area contributed by atoms with Crippen LogP contribution in [-0.4, -0.2) is 63.0 Å². The van der Waals surface area contributed by atoms with E-state index in [1.54, 1.807) is 24.6 Å². The molecule has 0 aliphatic carbocycles. The van der Waals surface area contributed by atoms with Crippen LogP contribution in [0.4, 0.5) is 5.82 Å². The number of ketones is 2. The van der Waals surface area contributed by atoms with E-state index in [-0.39, 0.29) is 34.9 Å². The van der Waals surface area contributed by atoms with Crippen LogP contribution >= 0.6 is 11.3 Å². The molecule has 2 saturated heterocycles. The number of nitrogens with zero attached hydrogens (tertiary/aromatic N) is 4. The molecule has 3 aromatic heterocycles. The number of hydrogen-bond acceptors (Lipinski definition) is 9.